The average molecular weight is 398 g/mol. The number of para-hydroxylation sites is 1. The molecule has 3 aromatic rings. The van der Waals surface area contributed by atoms with Crippen molar-refractivity contribution >= 4 is 18.4 Å². The van der Waals surface area contributed by atoms with Crippen molar-refractivity contribution in [3.05, 3.63) is 64.7 Å². The third kappa shape index (κ3) is 4.98. The Balaban J connectivity index is 1.78. The maximum absolute atomic E-state index is 5.73. The van der Waals surface area contributed by atoms with E-state index in [1.165, 1.54) is 4.68 Å². The molecule has 0 atom stereocenters. The van der Waals surface area contributed by atoms with Crippen LogP contribution in [0.1, 0.15) is 25.2 Å². The van der Waals surface area contributed by atoms with Crippen LogP contribution >= 0.6 is 12.2 Å². The standard InChI is InChI=1S/C20H22N4O3S/c1-3-25-17-11-10-15(12-18(17)26-4-2)13-21-24-19(22-23-20(24)28)14-27-16-8-6-5-7-9-16/h5-13H,3-4,14H2,1-2H3,(H,23,28)/b21-13-. The Labute approximate surface area is 168 Å². The van der Waals surface area contributed by atoms with Crippen LogP contribution in [0.4, 0.5) is 0 Å². The van der Waals surface area contributed by atoms with Gasteiger partial charge >= 0.3 is 0 Å². The molecule has 146 valence electrons. The van der Waals surface area contributed by atoms with Crippen LogP contribution in [0, 0.1) is 4.77 Å². The van der Waals surface area contributed by atoms with E-state index in [9.17, 15) is 0 Å². The molecule has 7 nitrogen and oxygen atoms in total. The lowest BCUT2D eigenvalue weighted by Gasteiger charge is -2.11. The molecule has 0 amide bonds. The van der Waals surface area contributed by atoms with Crippen molar-refractivity contribution in [1.29, 1.82) is 0 Å². The number of aromatic amines is 1. The lowest BCUT2D eigenvalue weighted by atomic mass is 10.2. The Morgan fingerprint density at radius 3 is 2.54 bits per heavy atom. The monoisotopic (exact) mass is 398 g/mol. The Morgan fingerprint density at radius 2 is 1.79 bits per heavy atom. The number of ether oxygens (including phenoxy) is 3. The number of hydrogen-bond acceptors (Lipinski definition) is 6. The molecule has 0 radical (unpaired) electrons. The molecule has 0 unspecified atom stereocenters. The average Bonchev–Trinajstić information content (AvgIpc) is 3.07. The minimum absolute atomic E-state index is 0.238. The molecule has 0 bridgehead atoms. The SMILES string of the molecule is CCOc1ccc(/C=N\n2c(COc3ccccc3)n[nH]c2=S)cc1OCC. The van der Waals surface area contributed by atoms with E-state index >= 15 is 0 Å². The quantitative estimate of drug-likeness (QED) is 0.432. The maximum Gasteiger partial charge on any atom is 0.216 e. The van der Waals surface area contributed by atoms with Crippen LogP contribution < -0.4 is 14.2 Å². The third-order valence-corrected chi connectivity index (χ3v) is 3.98. The molecule has 8 heteroatoms. The van der Waals surface area contributed by atoms with E-state index in [1.54, 1.807) is 6.21 Å². The summed E-state index contributed by atoms with van der Waals surface area (Å²) in [5, 5.41) is 11.4. The second-order valence-corrected chi connectivity index (χ2v) is 6.06. The third-order valence-electron chi connectivity index (χ3n) is 3.72. The number of nitrogens with zero attached hydrogens (tertiary/aromatic N) is 3. The molecule has 0 aliphatic heterocycles. The van der Waals surface area contributed by atoms with Gasteiger partial charge in [-0.05, 0) is 62.0 Å². The fourth-order valence-corrected chi connectivity index (χ4v) is 2.67. The molecule has 1 aromatic heterocycles. The van der Waals surface area contributed by atoms with Gasteiger partial charge in [-0.25, -0.2) is 5.10 Å². The maximum atomic E-state index is 5.73. The Morgan fingerprint density at radius 1 is 1.04 bits per heavy atom. The van der Waals surface area contributed by atoms with E-state index in [0.29, 0.717) is 35.3 Å². The molecule has 0 spiro atoms. The van der Waals surface area contributed by atoms with Gasteiger partial charge in [0.05, 0.1) is 19.4 Å². The van der Waals surface area contributed by atoms with E-state index in [4.69, 9.17) is 26.4 Å². The van der Waals surface area contributed by atoms with Crippen molar-refractivity contribution in [1.82, 2.24) is 14.9 Å². The van der Waals surface area contributed by atoms with Crippen LogP contribution in [-0.4, -0.2) is 34.3 Å². The van der Waals surface area contributed by atoms with Gasteiger partial charge in [0.15, 0.2) is 17.3 Å². The summed E-state index contributed by atoms with van der Waals surface area (Å²) in [6.07, 6.45) is 1.69. The first-order valence-corrected chi connectivity index (χ1v) is 9.40. The van der Waals surface area contributed by atoms with Gasteiger partial charge in [0.2, 0.25) is 4.77 Å². The normalized spacial score (nSPS) is 10.9. The predicted octanol–water partition coefficient (Wildman–Crippen LogP) is 4.20. The van der Waals surface area contributed by atoms with Gasteiger partial charge in [0, 0.05) is 0 Å². The topological polar surface area (TPSA) is 73.7 Å². The second-order valence-electron chi connectivity index (χ2n) is 5.68. The number of rotatable bonds is 9. The first-order valence-electron chi connectivity index (χ1n) is 8.99. The highest BCUT2D eigenvalue weighted by molar-refractivity contribution is 7.71. The van der Waals surface area contributed by atoms with Crippen LogP contribution in [0.5, 0.6) is 17.2 Å². The fourth-order valence-electron chi connectivity index (χ4n) is 2.47. The van der Waals surface area contributed by atoms with Crippen molar-refractivity contribution in [2.24, 2.45) is 5.10 Å². The summed E-state index contributed by atoms with van der Waals surface area (Å²) in [6, 6.07) is 15.2. The van der Waals surface area contributed by atoms with Crippen LogP contribution in [0.25, 0.3) is 0 Å². The van der Waals surface area contributed by atoms with Crippen LogP contribution in [0.3, 0.4) is 0 Å². The first kappa shape index (κ1) is 19.6. The zero-order valence-corrected chi connectivity index (χ0v) is 16.6. The minimum atomic E-state index is 0.238. The fraction of sp³-hybridized carbons (Fsp3) is 0.250. The summed E-state index contributed by atoms with van der Waals surface area (Å²) >= 11 is 5.27. The molecule has 1 N–H and O–H groups in total. The number of nitrogens with one attached hydrogen (secondary N) is 1. The van der Waals surface area contributed by atoms with E-state index in [-0.39, 0.29) is 6.61 Å². The van der Waals surface area contributed by atoms with Crippen molar-refractivity contribution in [3.8, 4) is 17.2 Å². The zero-order chi connectivity index (χ0) is 19.8. The molecule has 0 saturated heterocycles. The Kier molecular flexibility index (Phi) is 6.80. The summed E-state index contributed by atoms with van der Waals surface area (Å²) < 4.78 is 18.9. The molecule has 0 aliphatic rings. The summed E-state index contributed by atoms with van der Waals surface area (Å²) in [4.78, 5) is 0. The van der Waals surface area contributed by atoms with E-state index < -0.39 is 0 Å². The van der Waals surface area contributed by atoms with Crippen molar-refractivity contribution in [2.45, 2.75) is 20.5 Å². The zero-order valence-electron chi connectivity index (χ0n) is 15.8. The number of H-pyrrole nitrogens is 1. The van der Waals surface area contributed by atoms with E-state index in [0.717, 1.165) is 11.3 Å². The molecule has 0 fully saturated rings. The van der Waals surface area contributed by atoms with Crippen molar-refractivity contribution in [2.75, 3.05) is 13.2 Å². The van der Waals surface area contributed by atoms with Crippen LogP contribution in [-0.2, 0) is 6.61 Å². The molecule has 1 heterocycles. The lowest BCUT2D eigenvalue weighted by Crippen LogP contribution is -2.04. The van der Waals surface area contributed by atoms with Gasteiger partial charge in [-0.15, -0.1) is 0 Å². The summed E-state index contributed by atoms with van der Waals surface area (Å²) in [6.45, 7) is 5.23. The van der Waals surface area contributed by atoms with Gasteiger partial charge in [0.1, 0.15) is 12.4 Å². The number of aromatic nitrogens is 3. The summed E-state index contributed by atoms with van der Waals surface area (Å²) in [7, 11) is 0. The van der Waals surface area contributed by atoms with Gasteiger partial charge < -0.3 is 14.2 Å². The van der Waals surface area contributed by atoms with E-state index in [1.807, 2.05) is 62.4 Å². The van der Waals surface area contributed by atoms with Gasteiger partial charge in [-0.3, -0.25) is 0 Å². The highest BCUT2D eigenvalue weighted by Crippen LogP contribution is 2.28. The molecule has 3 rings (SSSR count). The molecule has 28 heavy (non-hydrogen) atoms. The largest absolute Gasteiger partial charge is 0.490 e. The summed E-state index contributed by atoms with van der Waals surface area (Å²) in [5.41, 5.74) is 0.852. The molecular weight excluding hydrogens is 376 g/mol. The first-order chi connectivity index (χ1) is 13.7. The van der Waals surface area contributed by atoms with Crippen LogP contribution in [0.15, 0.2) is 53.6 Å². The Hall–Kier alpha value is -3.13. The van der Waals surface area contributed by atoms with Gasteiger partial charge in [-0.2, -0.15) is 14.9 Å². The Bertz CT molecular complexity index is 983. The van der Waals surface area contributed by atoms with Crippen LogP contribution in [0.2, 0.25) is 0 Å². The van der Waals surface area contributed by atoms with Crippen molar-refractivity contribution < 1.29 is 14.2 Å². The number of hydrogen-bond donors (Lipinski definition) is 1. The minimum Gasteiger partial charge on any atom is -0.490 e. The summed E-state index contributed by atoms with van der Waals surface area (Å²) in [5.74, 6) is 2.70. The van der Waals surface area contributed by atoms with Gasteiger partial charge in [-0.1, -0.05) is 18.2 Å². The lowest BCUT2D eigenvalue weighted by molar-refractivity contribution is 0.287. The number of benzene rings is 2. The molecular formula is C20H22N4O3S. The second kappa shape index (κ2) is 9.70. The predicted molar refractivity (Wildman–Crippen MR) is 110 cm³/mol. The smallest absolute Gasteiger partial charge is 0.216 e. The molecule has 0 aliphatic carbocycles. The highest BCUT2D eigenvalue weighted by atomic mass is 32.1. The molecule has 0 saturated carbocycles. The van der Waals surface area contributed by atoms with E-state index in [2.05, 4.69) is 15.3 Å². The van der Waals surface area contributed by atoms with Crippen molar-refractivity contribution in [3.63, 3.8) is 0 Å². The van der Waals surface area contributed by atoms with Gasteiger partial charge in [0.25, 0.3) is 0 Å². The highest BCUT2D eigenvalue weighted by Gasteiger charge is 2.08. The molecule has 2 aromatic carbocycles.